The molecule has 0 saturated heterocycles. The molecule has 0 heteroatoms. The minimum absolute atomic E-state index is 0.885. The van der Waals surface area contributed by atoms with Crippen molar-refractivity contribution in [2.45, 2.75) is 130 Å². The summed E-state index contributed by atoms with van der Waals surface area (Å²) in [7, 11) is 0. The van der Waals surface area contributed by atoms with Crippen LogP contribution in [0.1, 0.15) is 130 Å². The van der Waals surface area contributed by atoms with E-state index in [0.29, 0.717) is 0 Å². The van der Waals surface area contributed by atoms with Crippen molar-refractivity contribution in [3.63, 3.8) is 0 Å². The molecular formula is C23H46. The van der Waals surface area contributed by atoms with Crippen LogP contribution < -0.4 is 0 Å². The normalized spacial score (nSPS) is 11.8. The van der Waals surface area contributed by atoms with Gasteiger partial charge in [-0.05, 0) is 31.6 Å². The number of unbranched alkanes of at least 4 members (excludes halogenated alkanes) is 14. The third kappa shape index (κ3) is 21.7. The Hall–Kier alpha value is -0.260. The third-order valence-electron chi connectivity index (χ3n) is 4.79. The Bertz CT molecular complexity index is 226. The zero-order valence-electron chi connectivity index (χ0n) is 16.8. The molecule has 138 valence electrons. The first kappa shape index (κ1) is 22.7. The van der Waals surface area contributed by atoms with Gasteiger partial charge in [0.15, 0.2) is 0 Å². The lowest BCUT2D eigenvalue weighted by atomic mass is 10.0. The van der Waals surface area contributed by atoms with Crippen LogP contribution in [-0.2, 0) is 0 Å². The Labute approximate surface area is 148 Å². The summed E-state index contributed by atoms with van der Waals surface area (Å²) >= 11 is 0. The molecule has 23 heavy (non-hydrogen) atoms. The van der Waals surface area contributed by atoms with Gasteiger partial charge in [0.05, 0.1) is 0 Å². The third-order valence-corrected chi connectivity index (χ3v) is 4.79. The lowest BCUT2D eigenvalue weighted by molar-refractivity contribution is 0.521. The topological polar surface area (TPSA) is 0 Å². The van der Waals surface area contributed by atoms with E-state index < -0.39 is 0 Å². The quantitative estimate of drug-likeness (QED) is 0.174. The van der Waals surface area contributed by atoms with Crippen molar-refractivity contribution >= 4 is 0 Å². The molecule has 0 saturated carbocycles. The first-order valence-electron chi connectivity index (χ1n) is 10.9. The lowest BCUT2D eigenvalue weighted by Gasteiger charge is -2.03. The molecule has 0 spiro atoms. The molecule has 0 aromatic rings. The molecule has 0 heterocycles. The molecule has 0 unspecified atom stereocenters. The zero-order valence-corrected chi connectivity index (χ0v) is 16.8. The summed E-state index contributed by atoms with van der Waals surface area (Å²) in [6, 6.07) is 0. The van der Waals surface area contributed by atoms with Gasteiger partial charge in [0.2, 0.25) is 0 Å². The summed E-state index contributed by atoms with van der Waals surface area (Å²) in [6.07, 6.45) is 29.0. The second-order valence-electron chi connectivity index (χ2n) is 7.83. The van der Waals surface area contributed by atoms with E-state index in [9.17, 15) is 0 Å². The smallest absolute Gasteiger partial charge is 0.0351 e. The molecule has 0 bridgehead atoms. The molecule has 0 aliphatic rings. The summed E-state index contributed by atoms with van der Waals surface area (Å²) in [6.45, 7) is 6.95. The van der Waals surface area contributed by atoms with Gasteiger partial charge in [0.25, 0.3) is 0 Å². The van der Waals surface area contributed by atoms with E-state index in [0.717, 1.165) is 5.92 Å². The van der Waals surface area contributed by atoms with Gasteiger partial charge in [-0.2, -0.15) is 0 Å². The fraction of sp³-hybridized carbons (Fsp3) is 0.913. The minimum Gasteiger partial charge on any atom is -0.0885 e. The second kappa shape index (κ2) is 19.8. The summed E-state index contributed by atoms with van der Waals surface area (Å²) in [5, 5.41) is 0. The molecule has 0 rings (SSSR count). The van der Waals surface area contributed by atoms with Gasteiger partial charge in [0.1, 0.15) is 0 Å². The summed E-state index contributed by atoms with van der Waals surface area (Å²) in [5.41, 5.74) is 0. The summed E-state index contributed by atoms with van der Waals surface area (Å²) in [5.74, 6) is 0.885. The summed E-state index contributed by atoms with van der Waals surface area (Å²) < 4.78 is 0. The van der Waals surface area contributed by atoms with Gasteiger partial charge in [-0.25, -0.2) is 0 Å². The number of hydrogen-bond acceptors (Lipinski definition) is 0. The van der Waals surface area contributed by atoms with Crippen LogP contribution in [0.5, 0.6) is 0 Å². The highest BCUT2D eigenvalue weighted by Crippen LogP contribution is 2.12. The van der Waals surface area contributed by atoms with Crippen molar-refractivity contribution in [1.29, 1.82) is 0 Å². The maximum Gasteiger partial charge on any atom is -0.0351 e. The van der Waals surface area contributed by atoms with E-state index in [1.807, 2.05) is 0 Å². The van der Waals surface area contributed by atoms with Crippen LogP contribution in [-0.4, -0.2) is 0 Å². The number of hydrogen-bond donors (Lipinski definition) is 0. The molecular weight excluding hydrogens is 276 g/mol. The molecule has 0 atom stereocenters. The molecule has 0 nitrogen and oxygen atoms in total. The van der Waals surface area contributed by atoms with Crippen molar-refractivity contribution in [2.24, 2.45) is 5.92 Å². The van der Waals surface area contributed by atoms with Gasteiger partial charge < -0.3 is 0 Å². The Morgan fingerprint density at radius 2 is 0.913 bits per heavy atom. The van der Waals surface area contributed by atoms with Crippen molar-refractivity contribution in [3.8, 4) is 0 Å². The average Bonchev–Trinajstić information content (AvgIpc) is 2.53. The molecule has 0 radical (unpaired) electrons. The molecule has 0 aromatic carbocycles. The molecule has 0 aromatic heterocycles. The number of allylic oxidation sites excluding steroid dienone is 2. The monoisotopic (exact) mass is 322 g/mol. The van der Waals surface area contributed by atoms with Crippen molar-refractivity contribution in [3.05, 3.63) is 12.2 Å². The van der Waals surface area contributed by atoms with Crippen LogP contribution in [0.25, 0.3) is 0 Å². The Morgan fingerprint density at radius 3 is 1.35 bits per heavy atom. The highest BCUT2D eigenvalue weighted by atomic mass is 14.0. The maximum atomic E-state index is 2.43. The van der Waals surface area contributed by atoms with E-state index in [2.05, 4.69) is 32.9 Å². The SMILES string of the molecule is CCCCCCCCCCCC/C=C/CCCCCCC(C)C. The van der Waals surface area contributed by atoms with E-state index >= 15 is 0 Å². The lowest BCUT2D eigenvalue weighted by Crippen LogP contribution is -1.86. The average molecular weight is 323 g/mol. The molecule has 0 N–H and O–H groups in total. The highest BCUT2D eigenvalue weighted by Gasteiger charge is 1.94. The molecule has 0 aliphatic heterocycles. The van der Waals surface area contributed by atoms with Crippen LogP contribution in [0.15, 0.2) is 12.2 Å². The van der Waals surface area contributed by atoms with E-state index in [1.165, 1.54) is 109 Å². The van der Waals surface area contributed by atoms with E-state index in [4.69, 9.17) is 0 Å². The van der Waals surface area contributed by atoms with Crippen molar-refractivity contribution < 1.29 is 0 Å². The highest BCUT2D eigenvalue weighted by molar-refractivity contribution is 4.81. The standard InChI is InChI=1S/C23H46/c1-4-5-6-7-8-9-10-11-12-13-14-15-16-17-18-19-20-21-22-23(2)3/h15-16,23H,4-14,17-22H2,1-3H3/b16-15+. The van der Waals surface area contributed by atoms with Crippen LogP contribution in [0.4, 0.5) is 0 Å². The predicted octanol–water partition coefficient (Wildman–Crippen LogP) is 8.85. The van der Waals surface area contributed by atoms with E-state index in [-0.39, 0.29) is 0 Å². The Kier molecular flexibility index (Phi) is 19.6. The van der Waals surface area contributed by atoms with Crippen molar-refractivity contribution in [1.82, 2.24) is 0 Å². The Morgan fingerprint density at radius 1 is 0.522 bits per heavy atom. The first-order valence-corrected chi connectivity index (χ1v) is 10.9. The fourth-order valence-corrected chi connectivity index (χ4v) is 3.15. The zero-order chi connectivity index (χ0) is 17.0. The molecule has 0 aliphatic carbocycles. The van der Waals surface area contributed by atoms with Gasteiger partial charge in [-0.3, -0.25) is 0 Å². The van der Waals surface area contributed by atoms with Crippen LogP contribution in [0.3, 0.4) is 0 Å². The fourth-order valence-electron chi connectivity index (χ4n) is 3.15. The largest absolute Gasteiger partial charge is 0.0885 e. The number of rotatable bonds is 18. The Balaban J connectivity index is 3.06. The molecule has 0 amide bonds. The summed E-state index contributed by atoms with van der Waals surface area (Å²) in [4.78, 5) is 0. The van der Waals surface area contributed by atoms with Gasteiger partial charge in [0, 0.05) is 0 Å². The van der Waals surface area contributed by atoms with Crippen LogP contribution in [0.2, 0.25) is 0 Å². The van der Waals surface area contributed by atoms with Gasteiger partial charge in [-0.15, -0.1) is 0 Å². The van der Waals surface area contributed by atoms with Gasteiger partial charge >= 0.3 is 0 Å². The molecule has 0 fully saturated rings. The maximum absolute atomic E-state index is 2.43. The van der Waals surface area contributed by atoms with Gasteiger partial charge in [-0.1, -0.05) is 116 Å². The minimum atomic E-state index is 0.885. The second-order valence-corrected chi connectivity index (χ2v) is 7.83. The van der Waals surface area contributed by atoms with Crippen LogP contribution in [0, 0.1) is 5.92 Å². The van der Waals surface area contributed by atoms with E-state index in [1.54, 1.807) is 0 Å². The first-order chi connectivity index (χ1) is 11.3. The van der Waals surface area contributed by atoms with Crippen molar-refractivity contribution in [2.75, 3.05) is 0 Å². The van der Waals surface area contributed by atoms with Crippen LogP contribution >= 0.6 is 0 Å². The predicted molar refractivity (Wildman–Crippen MR) is 108 cm³/mol.